The van der Waals surface area contributed by atoms with Crippen LogP contribution in [0, 0.1) is 0 Å². The Balaban J connectivity index is 2.34. The number of hydrogen-bond donors (Lipinski definition) is 0. The van der Waals surface area contributed by atoms with E-state index in [4.69, 9.17) is 2.05 Å². The van der Waals surface area contributed by atoms with Crippen molar-refractivity contribution in [2.24, 2.45) is 0 Å². The van der Waals surface area contributed by atoms with Gasteiger partial charge in [-0.25, -0.2) is 0 Å². The molecule has 0 aromatic heterocycles. The molecule has 0 heterocycles. The average Bonchev–Trinajstić information content (AvgIpc) is 1.61. The van der Waals surface area contributed by atoms with Gasteiger partial charge in [0.2, 0.25) is 0 Å². The molecular formula is C4H9OY. The van der Waals surface area contributed by atoms with E-state index in [9.17, 15) is 0 Å². The summed E-state index contributed by atoms with van der Waals surface area (Å²) in [6, 6.07) is 0. The van der Waals surface area contributed by atoms with Crippen molar-refractivity contribution in [2.45, 2.75) is 19.8 Å². The van der Waals surface area contributed by atoms with E-state index in [-0.39, 0.29) is 0 Å². The minimum absolute atomic E-state index is 0.956. The fourth-order valence-electron chi connectivity index (χ4n) is 0.228. The van der Waals surface area contributed by atoms with Crippen molar-refractivity contribution in [2.75, 3.05) is 6.61 Å². The third kappa shape index (κ3) is 5.06. The summed E-state index contributed by atoms with van der Waals surface area (Å²) in [5, 5.41) is 0. The topological polar surface area (TPSA) is 9.23 Å². The molecule has 0 unspecified atom stereocenters. The van der Waals surface area contributed by atoms with Gasteiger partial charge < -0.3 is 0 Å². The van der Waals surface area contributed by atoms with E-state index in [0.29, 0.717) is 0 Å². The van der Waals surface area contributed by atoms with Crippen LogP contribution >= 0.6 is 0 Å². The maximum atomic E-state index is 4.91. The first-order valence-electron chi connectivity index (χ1n) is 2.23. The van der Waals surface area contributed by atoms with Gasteiger partial charge in [0.05, 0.1) is 0 Å². The first kappa shape index (κ1) is 7.06. The van der Waals surface area contributed by atoms with Crippen LogP contribution in [0.4, 0.5) is 0 Å². The van der Waals surface area contributed by atoms with Gasteiger partial charge in [-0.1, -0.05) is 0 Å². The molecule has 0 aromatic carbocycles. The Morgan fingerprint density at radius 3 is 2.50 bits per heavy atom. The number of unbranched alkanes of at least 4 members (excludes halogenated alkanes) is 1. The van der Waals surface area contributed by atoms with Gasteiger partial charge in [-0.15, -0.1) is 0 Å². The molecule has 0 radical (unpaired) electrons. The van der Waals surface area contributed by atoms with E-state index in [0.717, 1.165) is 38.1 Å². The molecule has 0 aromatic rings. The van der Waals surface area contributed by atoms with Gasteiger partial charge in [0.15, 0.2) is 0 Å². The zero-order valence-electron chi connectivity index (χ0n) is 4.11. The Labute approximate surface area is 59.7 Å². The van der Waals surface area contributed by atoms with Crippen molar-refractivity contribution in [1.82, 2.24) is 0 Å². The SMILES string of the molecule is CCCC[O][Y]. The van der Waals surface area contributed by atoms with Gasteiger partial charge in [-0.05, 0) is 0 Å². The molecule has 0 rings (SSSR count). The zero-order chi connectivity index (χ0) is 4.83. The fraction of sp³-hybridized carbons (Fsp3) is 1.00. The molecule has 0 fully saturated rings. The first-order valence-corrected chi connectivity index (χ1v) is 3.39. The molecule has 0 aliphatic heterocycles. The maximum absolute atomic E-state index is 4.91. The van der Waals surface area contributed by atoms with Crippen molar-refractivity contribution in [3.05, 3.63) is 0 Å². The van der Waals surface area contributed by atoms with Crippen LogP contribution in [0.5, 0.6) is 0 Å². The summed E-state index contributed by atoms with van der Waals surface area (Å²) in [4.78, 5) is 0. The summed E-state index contributed by atoms with van der Waals surface area (Å²) >= 11 is 0.956. The molecule has 0 atom stereocenters. The molecule has 0 amide bonds. The summed E-state index contributed by atoms with van der Waals surface area (Å²) in [6.45, 7) is 3.14. The van der Waals surface area contributed by atoms with Gasteiger partial charge in [0.1, 0.15) is 0 Å². The average molecular weight is 162 g/mol. The van der Waals surface area contributed by atoms with E-state index in [1.807, 2.05) is 0 Å². The van der Waals surface area contributed by atoms with Crippen molar-refractivity contribution >= 4 is 0 Å². The van der Waals surface area contributed by atoms with Crippen molar-refractivity contribution in [1.29, 1.82) is 0 Å². The van der Waals surface area contributed by atoms with Crippen LogP contribution in [0.15, 0.2) is 0 Å². The van der Waals surface area contributed by atoms with E-state index in [1.54, 1.807) is 0 Å². The second-order valence-electron chi connectivity index (χ2n) is 1.22. The van der Waals surface area contributed by atoms with Crippen LogP contribution in [0.25, 0.3) is 0 Å². The van der Waals surface area contributed by atoms with Crippen molar-refractivity contribution < 1.29 is 33.5 Å². The van der Waals surface area contributed by atoms with E-state index >= 15 is 0 Å². The second kappa shape index (κ2) is 6.06. The standard InChI is InChI=1S/C4H9O.Y/c1-2-3-4-5;/h2-4H2,1H3;/q-1;+1. The van der Waals surface area contributed by atoms with Crippen LogP contribution in [0.3, 0.4) is 0 Å². The van der Waals surface area contributed by atoms with Gasteiger partial charge in [-0.3, -0.25) is 0 Å². The molecule has 1 nitrogen and oxygen atoms in total. The Bertz CT molecular complexity index is 19.5. The van der Waals surface area contributed by atoms with Crippen molar-refractivity contribution in [3.63, 3.8) is 0 Å². The molecule has 0 bridgehead atoms. The predicted octanol–water partition coefficient (Wildman–Crippen LogP) is 1.26. The zero-order valence-corrected chi connectivity index (χ0v) is 6.95. The summed E-state index contributed by atoms with van der Waals surface area (Å²) in [5.74, 6) is 0. The van der Waals surface area contributed by atoms with Crippen LogP contribution < -0.4 is 0 Å². The first-order chi connectivity index (χ1) is 2.91. The number of hydrogen-bond acceptors (Lipinski definition) is 1. The Morgan fingerprint density at radius 1 is 1.67 bits per heavy atom. The van der Waals surface area contributed by atoms with Gasteiger partial charge in [-0.2, -0.15) is 0 Å². The van der Waals surface area contributed by atoms with Gasteiger partial charge in [0.25, 0.3) is 0 Å². The van der Waals surface area contributed by atoms with E-state index < -0.39 is 0 Å². The summed E-state index contributed by atoms with van der Waals surface area (Å²) < 4.78 is 4.91. The molecule has 34 valence electrons. The Morgan fingerprint density at radius 2 is 2.33 bits per heavy atom. The molecular weight excluding hydrogens is 153 g/mol. The quantitative estimate of drug-likeness (QED) is 0.567. The molecule has 0 saturated carbocycles. The Kier molecular flexibility index (Phi) is 7.14. The molecule has 0 spiro atoms. The third-order valence-corrected chi connectivity index (χ3v) is 1.20. The number of rotatable bonds is 3. The monoisotopic (exact) mass is 162 g/mol. The summed E-state index contributed by atoms with van der Waals surface area (Å²) in [5.41, 5.74) is 0. The molecule has 2 heteroatoms. The van der Waals surface area contributed by atoms with Crippen LogP contribution in [-0.4, -0.2) is 6.61 Å². The van der Waals surface area contributed by atoms with Crippen LogP contribution in [0.2, 0.25) is 0 Å². The third-order valence-electron chi connectivity index (χ3n) is 0.616. The van der Waals surface area contributed by atoms with Gasteiger partial charge >= 0.3 is 59.9 Å². The van der Waals surface area contributed by atoms with E-state index in [2.05, 4.69) is 6.92 Å². The molecule has 0 aliphatic carbocycles. The van der Waals surface area contributed by atoms with Crippen LogP contribution in [0.1, 0.15) is 19.8 Å². The van der Waals surface area contributed by atoms with E-state index in [1.165, 1.54) is 12.8 Å². The second-order valence-corrected chi connectivity index (χ2v) is 2.04. The Hall–Kier alpha value is 1.06. The van der Waals surface area contributed by atoms with Crippen LogP contribution in [-0.2, 0) is 33.5 Å². The predicted molar refractivity (Wildman–Crippen MR) is 20.9 cm³/mol. The summed E-state index contributed by atoms with van der Waals surface area (Å²) in [6.07, 6.45) is 2.47. The molecule has 0 saturated heterocycles. The normalized spacial score (nSPS) is 8.67. The van der Waals surface area contributed by atoms with Gasteiger partial charge in [0, 0.05) is 0 Å². The minimum atomic E-state index is 0.956. The summed E-state index contributed by atoms with van der Waals surface area (Å²) in [7, 11) is 0. The van der Waals surface area contributed by atoms with Crippen molar-refractivity contribution in [3.8, 4) is 0 Å². The molecule has 6 heavy (non-hydrogen) atoms. The molecule has 0 aliphatic rings. The molecule has 0 N–H and O–H groups in total. The fourth-order valence-corrected chi connectivity index (χ4v) is 0.637.